The highest BCUT2D eigenvalue weighted by atomic mass is 35.5. The van der Waals surface area contributed by atoms with Crippen LogP contribution in [0.2, 0.25) is 0 Å². The van der Waals surface area contributed by atoms with Gasteiger partial charge in [-0.05, 0) is 24.9 Å². The molecule has 3 rings (SSSR count). The molecule has 4 heteroatoms. The molecule has 0 saturated heterocycles. The topological polar surface area (TPSA) is 16.1 Å². The first-order chi connectivity index (χ1) is 9.81. The number of thiazole rings is 1. The number of hydrogen-bond donors (Lipinski definition) is 0. The van der Waals surface area contributed by atoms with E-state index in [4.69, 9.17) is 11.6 Å². The summed E-state index contributed by atoms with van der Waals surface area (Å²) in [6.45, 7) is 4.38. The lowest BCUT2D eigenvalue weighted by atomic mass is 10.1. The van der Waals surface area contributed by atoms with Crippen molar-refractivity contribution in [1.29, 1.82) is 0 Å². The van der Waals surface area contributed by atoms with Gasteiger partial charge in [0, 0.05) is 23.5 Å². The van der Waals surface area contributed by atoms with E-state index in [0.29, 0.717) is 5.88 Å². The van der Waals surface area contributed by atoms with Gasteiger partial charge in [-0.15, -0.1) is 22.9 Å². The van der Waals surface area contributed by atoms with E-state index in [2.05, 4.69) is 46.5 Å². The molecule has 0 aliphatic heterocycles. The second-order valence-electron chi connectivity index (χ2n) is 5.23. The molecule has 20 heavy (non-hydrogen) atoms. The second-order valence-corrected chi connectivity index (χ2v) is 6.35. The fourth-order valence-corrected chi connectivity index (χ4v) is 3.62. The predicted molar refractivity (Wildman–Crippen MR) is 86.2 cm³/mol. The van der Waals surface area contributed by atoms with Gasteiger partial charge in [0.1, 0.15) is 5.01 Å². The van der Waals surface area contributed by atoms with Crippen LogP contribution in [0.15, 0.2) is 29.6 Å². The molecule has 1 aromatic carbocycles. The first-order valence-electron chi connectivity index (χ1n) is 7.14. The van der Waals surface area contributed by atoms with Crippen LogP contribution in [0, 0.1) is 0 Å². The molecule has 2 nitrogen and oxygen atoms in total. The van der Waals surface area contributed by atoms with Gasteiger partial charge in [-0.2, -0.15) is 0 Å². The third kappa shape index (κ3) is 3.05. The average molecular weight is 307 g/mol. The van der Waals surface area contributed by atoms with E-state index in [1.807, 2.05) is 0 Å². The SMILES string of the molecule is CCN(Cc1ccccc1-c1nc(CCl)cs1)C1CC1. The molecule has 0 atom stereocenters. The van der Waals surface area contributed by atoms with E-state index >= 15 is 0 Å². The molecule has 2 aromatic rings. The third-order valence-electron chi connectivity index (χ3n) is 3.78. The molecule has 0 N–H and O–H groups in total. The maximum atomic E-state index is 5.86. The van der Waals surface area contributed by atoms with Crippen LogP contribution >= 0.6 is 22.9 Å². The Balaban J connectivity index is 1.87. The molecule has 1 aliphatic rings. The zero-order chi connectivity index (χ0) is 13.9. The van der Waals surface area contributed by atoms with Crippen molar-refractivity contribution in [3.8, 4) is 10.6 Å². The number of aromatic nitrogens is 1. The van der Waals surface area contributed by atoms with Crippen LogP contribution in [0.25, 0.3) is 10.6 Å². The molecular weight excluding hydrogens is 288 g/mol. The molecule has 1 heterocycles. The van der Waals surface area contributed by atoms with Crippen LogP contribution in [-0.2, 0) is 12.4 Å². The van der Waals surface area contributed by atoms with Gasteiger partial charge >= 0.3 is 0 Å². The van der Waals surface area contributed by atoms with Crippen LogP contribution in [0.4, 0.5) is 0 Å². The molecule has 1 aromatic heterocycles. The highest BCUT2D eigenvalue weighted by molar-refractivity contribution is 7.13. The van der Waals surface area contributed by atoms with Crippen molar-refractivity contribution in [2.75, 3.05) is 6.54 Å². The fourth-order valence-electron chi connectivity index (χ4n) is 2.52. The van der Waals surface area contributed by atoms with Gasteiger partial charge in [-0.3, -0.25) is 4.90 Å². The quantitative estimate of drug-likeness (QED) is 0.729. The summed E-state index contributed by atoms with van der Waals surface area (Å²) in [5, 5.41) is 3.14. The lowest BCUT2D eigenvalue weighted by molar-refractivity contribution is 0.269. The van der Waals surface area contributed by atoms with Crippen molar-refractivity contribution in [1.82, 2.24) is 9.88 Å². The molecule has 0 spiro atoms. The molecule has 0 bridgehead atoms. The number of hydrogen-bond acceptors (Lipinski definition) is 3. The predicted octanol–water partition coefficient (Wildman–Crippen LogP) is 4.53. The third-order valence-corrected chi connectivity index (χ3v) is 4.98. The van der Waals surface area contributed by atoms with E-state index in [-0.39, 0.29) is 0 Å². The van der Waals surface area contributed by atoms with Crippen LogP contribution in [-0.4, -0.2) is 22.5 Å². The Morgan fingerprint density at radius 3 is 2.80 bits per heavy atom. The average Bonchev–Trinajstić information content (AvgIpc) is 3.22. The van der Waals surface area contributed by atoms with E-state index in [1.165, 1.54) is 24.0 Å². The highest BCUT2D eigenvalue weighted by Gasteiger charge is 2.28. The highest BCUT2D eigenvalue weighted by Crippen LogP contribution is 2.32. The summed E-state index contributed by atoms with van der Waals surface area (Å²) in [7, 11) is 0. The molecule has 1 fully saturated rings. The van der Waals surface area contributed by atoms with Gasteiger partial charge in [-0.25, -0.2) is 4.98 Å². The summed E-state index contributed by atoms with van der Waals surface area (Å²) in [5.74, 6) is 0.488. The lowest BCUT2D eigenvalue weighted by Crippen LogP contribution is -2.25. The molecule has 0 amide bonds. The van der Waals surface area contributed by atoms with Gasteiger partial charge in [-0.1, -0.05) is 31.2 Å². The largest absolute Gasteiger partial charge is 0.296 e. The van der Waals surface area contributed by atoms with Crippen molar-refractivity contribution in [3.05, 3.63) is 40.9 Å². The number of alkyl halides is 1. The zero-order valence-corrected chi connectivity index (χ0v) is 13.3. The molecule has 0 radical (unpaired) electrons. The number of nitrogens with zero attached hydrogens (tertiary/aromatic N) is 2. The van der Waals surface area contributed by atoms with Crippen LogP contribution in [0.1, 0.15) is 31.0 Å². The van der Waals surface area contributed by atoms with Gasteiger partial charge in [0.05, 0.1) is 11.6 Å². The van der Waals surface area contributed by atoms with Crippen molar-refractivity contribution in [3.63, 3.8) is 0 Å². The minimum atomic E-state index is 0.488. The Morgan fingerprint density at radius 1 is 1.35 bits per heavy atom. The Labute approximate surface area is 129 Å². The van der Waals surface area contributed by atoms with Gasteiger partial charge in [0.2, 0.25) is 0 Å². The maximum Gasteiger partial charge on any atom is 0.123 e. The van der Waals surface area contributed by atoms with Crippen molar-refractivity contribution in [2.24, 2.45) is 0 Å². The number of benzene rings is 1. The Hall–Kier alpha value is -0.900. The van der Waals surface area contributed by atoms with Gasteiger partial charge in [0.15, 0.2) is 0 Å². The molecule has 1 aliphatic carbocycles. The first kappa shape index (κ1) is 14.1. The zero-order valence-electron chi connectivity index (χ0n) is 11.7. The summed E-state index contributed by atoms with van der Waals surface area (Å²) in [6.07, 6.45) is 2.70. The number of halogens is 1. The summed E-state index contributed by atoms with van der Waals surface area (Å²) in [5.41, 5.74) is 3.60. The van der Waals surface area contributed by atoms with E-state index < -0.39 is 0 Å². The monoisotopic (exact) mass is 306 g/mol. The van der Waals surface area contributed by atoms with Crippen molar-refractivity contribution < 1.29 is 0 Å². The van der Waals surface area contributed by atoms with Gasteiger partial charge in [0.25, 0.3) is 0 Å². The van der Waals surface area contributed by atoms with Crippen molar-refractivity contribution >= 4 is 22.9 Å². The summed E-state index contributed by atoms with van der Waals surface area (Å²) >= 11 is 7.55. The lowest BCUT2D eigenvalue weighted by Gasteiger charge is -2.21. The van der Waals surface area contributed by atoms with Crippen LogP contribution in [0.3, 0.4) is 0 Å². The first-order valence-corrected chi connectivity index (χ1v) is 8.56. The Kier molecular flexibility index (Phi) is 4.39. The summed E-state index contributed by atoms with van der Waals surface area (Å²) < 4.78 is 0. The Bertz CT molecular complexity index is 577. The fraction of sp³-hybridized carbons (Fsp3) is 0.438. The van der Waals surface area contributed by atoms with E-state index in [0.717, 1.165) is 29.8 Å². The minimum Gasteiger partial charge on any atom is -0.296 e. The van der Waals surface area contributed by atoms with E-state index in [1.54, 1.807) is 11.3 Å². The number of rotatable bonds is 6. The summed E-state index contributed by atoms with van der Waals surface area (Å²) in [6, 6.07) is 9.40. The van der Waals surface area contributed by atoms with Crippen LogP contribution < -0.4 is 0 Å². The minimum absolute atomic E-state index is 0.488. The molecular formula is C16H19ClN2S. The smallest absolute Gasteiger partial charge is 0.123 e. The Morgan fingerprint density at radius 2 is 2.15 bits per heavy atom. The van der Waals surface area contributed by atoms with Crippen LogP contribution in [0.5, 0.6) is 0 Å². The van der Waals surface area contributed by atoms with Gasteiger partial charge < -0.3 is 0 Å². The normalized spacial score (nSPS) is 14.9. The summed E-state index contributed by atoms with van der Waals surface area (Å²) in [4.78, 5) is 7.19. The standard InChI is InChI=1S/C16H19ClN2S/c1-2-19(14-7-8-14)10-12-5-3-4-6-15(12)16-18-13(9-17)11-20-16/h3-6,11,14H,2,7-10H2,1H3. The molecule has 1 saturated carbocycles. The van der Waals surface area contributed by atoms with Crippen molar-refractivity contribution in [2.45, 2.75) is 38.2 Å². The second kappa shape index (κ2) is 6.25. The molecule has 106 valence electrons. The van der Waals surface area contributed by atoms with E-state index in [9.17, 15) is 0 Å². The molecule has 0 unspecified atom stereocenters. The maximum absolute atomic E-state index is 5.86.